The second-order valence-electron chi connectivity index (χ2n) is 2.84. The van der Waals surface area contributed by atoms with Crippen LogP contribution in [0.5, 0.6) is 0 Å². The zero-order valence-electron chi connectivity index (χ0n) is 8.38. The Morgan fingerprint density at radius 2 is 1.75 bits per heavy atom. The second-order valence-corrected chi connectivity index (χ2v) is 4.29. The lowest BCUT2D eigenvalue weighted by Crippen LogP contribution is -2.11. The Hall–Kier alpha value is -1.15. The van der Waals surface area contributed by atoms with Crippen molar-refractivity contribution in [3.63, 3.8) is 0 Å². The van der Waals surface area contributed by atoms with Gasteiger partial charge in [0, 0.05) is 5.56 Å². The molecule has 0 saturated heterocycles. The molecule has 0 spiro atoms. The van der Waals surface area contributed by atoms with Crippen molar-refractivity contribution in [2.45, 2.75) is 5.75 Å². The fourth-order valence-electron chi connectivity index (χ4n) is 0.991. The molecule has 16 heavy (non-hydrogen) atoms. The number of hydrogen-bond donors (Lipinski definition) is 4. The molecule has 0 unspecified atom stereocenters. The topological polar surface area (TPSA) is 139 Å². The van der Waals surface area contributed by atoms with Gasteiger partial charge in [-0.15, -0.1) is 12.4 Å². The Balaban J connectivity index is 0. The summed E-state index contributed by atoms with van der Waals surface area (Å²) < 4.78 is 29.6. The number of hydrogen-bond acceptors (Lipinski definition) is 4. The van der Waals surface area contributed by atoms with Gasteiger partial charge in [-0.05, 0) is 5.56 Å². The minimum Gasteiger partial charge on any atom is -0.384 e. The maximum Gasteiger partial charge on any atom is 0.269 e. The lowest BCUT2D eigenvalue weighted by molar-refractivity contribution is 0.482. The fourth-order valence-corrected chi connectivity index (χ4v) is 1.60. The molecule has 1 aromatic rings. The van der Waals surface area contributed by atoms with Crippen LogP contribution in [-0.4, -0.2) is 18.8 Å². The van der Waals surface area contributed by atoms with E-state index in [-0.39, 0.29) is 24.4 Å². The second kappa shape index (κ2) is 6.44. The SMILES string of the molecule is Cl.N.N=C(N)c1ccc(CS(=O)(=O)O)cc1. The van der Waals surface area contributed by atoms with Crippen LogP contribution in [-0.2, 0) is 15.9 Å². The molecule has 0 amide bonds. The van der Waals surface area contributed by atoms with Crippen molar-refractivity contribution in [1.82, 2.24) is 6.15 Å². The minimum atomic E-state index is -4.00. The highest BCUT2D eigenvalue weighted by molar-refractivity contribution is 7.85. The first-order valence-corrected chi connectivity index (χ1v) is 5.38. The Kier molecular flexibility index (Phi) is 6.94. The van der Waals surface area contributed by atoms with Crippen LogP contribution < -0.4 is 11.9 Å². The van der Waals surface area contributed by atoms with Crippen molar-refractivity contribution in [2.75, 3.05) is 0 Å². The van der Waals surface area contributed by atoms with E-state index in [0.717, 1.165) is 0 Å². The van der Waals surface area contributed by atoms with Crippen molar-refractivity contribution in [3.05, 3.63) is 35.4 Å². The van der Waals surface area contributed by atoms with Gasteiger partial charge in [0.05, 0.1) is 0 Å². The Labute approximate surface area is 100 Å². The molecule has 0 aliphatic rings. The molecule has 0 aromatic heterocycles. The summed E-state index contributed by atoms with van der Waals surface area (Å²) in [4.78, 5) is 0. The summed E-state index contributed by atoms with van der Waals surface area (Å²) in [5, 5.41) is 7.10. The van der Waals surface area contributed by atoms with Crippen LogP contribution in [0.1, 0.15) is 11.1 Å². The number of benzene rings is 1. The summed E-state index contributed by atoms with van der Waals surface area (Å²) in [5.74, 6) is -0.506. The highest BCUT2D eigenvalue weighted by atomic mass is 35.5. The van der Waals surface area contributed by atoms with E-state index in [1.165, 1.54) is 24.3 Å². The van der Waals surface area contributed by atoms with Gasteiger partial charge in [-0.2, -0.15) is 8.42 Å². The van der Waals surface area contributed by atoms with Gasteiger partial charge in [-0.1, -0.05) is 24.3 Å². The van der Waals surface area contributed by atoms with Gasteiger partial charge in [0.15, 0.2) is 0 Å². The average molecular weight is 268 g/mol. The van der Waals surface area contributed by atoms with Gasteiger partial charge in [-0.25, -0.2) is 0 Å². The van der Waals surface area contributed by atoms with Crippen molar-refractivity contribution in [2.24, 2.45) is 5.73 Å². The molecule has 7 N–H and O–H groups in total. The maximum atomic E-state index is 10.5. The van der Waals surface area contributed by atoms with Crippen LogP contribution in [0.2, 0.25) is 0 Å². The largest absolute Gasteiger partial charge is 0.384 e. The molecule has 0 aliphatic heterocycles. The van der Waals surface area contributed by atoms with E-state index >= 15 is 0 Å². The number of amidine groups is 1. The van der Waals surface area contributed by atoms with Gasteiger partial charge < -0.3 is 11.9 Å². The van der Waals surface area contributed by atoms with Gasteiger partial charge >= 0.3 is 0 Å². The Morgan fingerprint density at radius 3 is 2.06 bits per heavy atom. The molecular weight excluding hydrogens is 254 g/mol. The van der Waals surface area contributed by atoms with Crippen molar-refractivity contribution in [3.8, 4) is 0 Å². The normalized spacial score (nSPS) is 9.81. The lowest BCUT2D eigenvalue weighted by Gasteiger charge is -2.00. The molecule has 92 valence electrons. The predicted octanol–water partition coefficient (Wildman–Crippen LogP) is 0.942. The molecule has 0 atom stereocenters. The van der Waals surface area contributed by atoms with Gasteiger partial charge in [0.2, 0.25) is 0 Å². The zero-order chi connectivity index (χ0) is 10.8. The van der Waals surface area contributed by atoms with Crippen molar-refractivity contribution in [1.29, 1.82) is 5.41 Å². The summed E-state index contributed by atoms with van der Waals surface area (Å²) in [7, 11) is -4.00. The van der Waals surface area contributed by atoms with E-state index in [2.05, 4.69) is 0 Å². The van der Waals surface area contributed by atoms with Gasteiger partial charge in [0.1, 0.15) is 11.6 Å². The Bertz CT molecular complexity index is 444. The fraction of sp³-hybridized carbons (Fsp3) is 0.125. The van der Waals surface area contributed by atoms with Crippen LogP contribution in [0.4, 0.5) is 0 Å². The first-order chi connectivity index (χ1) is 6.38. The quantitative estimate of drug-likeness (QED) is 0.367. The first kappa shape index (κ1) is 17.3. The van der Waals surface area contributed by atoms with E-state index in [1.54, 1.807) is 0 Å². The molecule has 1 rings (SSSR count). The van der Waals surface area contributed by atoms with E-state index in [1.807, 2.05) is 0 Å². The highest BCUT2D eigenvalue weighted by Crippen LogP contribution is 2.06. The highest BCUT2D eigenvalue weighted by Gasteiger charge is 2.06. The summed E-state index contributed by atoms with van der Waals surface area (Å²) in [5.41, 5.74) is 6.18. The van der Waals surface area contributed by atoms with E-state index in [4.69, 9.17) is 15.7 Å². The number of nitrogens with two attached hydrogens (primary N) is 1. The van der Waals surface area contributed by atoms with Crippen LogP contribution >= 0.6 is 12.4 Å². The molecular formula is C8H14ClN3O3S. The summed E-state index contributed by atoms with van der Waals surface area (Å²) in [6.45, 7) is 0. The third kappa shape index (κ3) is 5.66. The molecule has 1 aromatic carbocycles. The van der Waals surface area contributed by atoms with Crippen LogP contribution in [0.15, 0.2) is 24.3 Å². The van der Waals surface area contributed by atoms with Crippen molar-refractivity contribution < 1.29 is 13.0 Å². The van der Waals surface area contributed by atoms with Gasteiger partial charge in [0.25, 0.3) is 10.1 Å². The van der Waals surface area contributed by atoms with E-state index in [0.29, 0.717) is 11.1 Å². The number of rotatable bonds is 3. The number of halogens is 1. The standard InChI is InChI=1S/C8H10N2O3S.ClH.H3N/c9-8(10)7-3-1-6(2-4-7)5-14(11,12)13;;/h1-4H,5H2,(H3,9,10)(H,11,12,13);1H;1H3. The van der Waals surface area contributed by atoms with Crippen LogP contribution in [0.3, 0.4) is 0 Å². The van der Waals surface area contributed by atoms with Gasteiger partial charge in [-0.3, -0.25) is 9.96 Å². The lowest BCUT2D eigenvalue weighted by atomic mass is 10.1. The predicted molar refractivity (Wildman–Crippen MR) is 65.0 cm³/mol. The number of nitrogens with one attached hydrogen (secondary N) is 1. The molecule has 0 saturated carbocycles. The summed E-state index contributed by atoms with van der Waals surface area (Å²) >= 11 is 0. The maximum absolute atomic E-state index is 10.5. The molecule has 6 nitrogen and oxygen atoms in total. The number of nitrogen functional groups attached to an aromatic ring is 1. The minimum absolute atomic E-state index is 0. The average Bonchev–Trinajstić information content (AvgIpc) is 2.02. The third-order valence-electron chi connectivity index (χ3n) is 1.61. The smallest absolute Gasteiger partial charge is 0.269 e. The monoisotopic (exact) mass is 267 g/mol. The Morgan fingerprint density at radius 1 is 1.31 bits per heavy atom. The van der Waals surface area contributed by atoms with Crippen LogP contribution in [0.25, 0.3) is 0 Å². The molecule has 0 heterocycles. The van der Waals surface area contributed by atoms with Crippen molar-refractivity contribution >= 4 is 28.4 Å². The third-order valence-corrected chi connectivity index (χ3v) is 2.31. The summed E-state index contributed by atoms with van der Waals surface area (Å²) in [6.07, 6.45) is 0. The molecule has 0 bridgehead atoms. The molecule has 8 heteroatoms. The van der Waals surface area contributed by atoms with Crippen LogP contribution in [0, 0.1) is 5.41 Å². The van der Waals surface area contributed by atoms with E-state index < -0.39 is 15.9 Å². The molecule has 0 fully saturated rings. The zero-order valence-corrected chi connectivity index (χ0v) is 10.0. The first-order valence-electron chi connectivity index (χ1n) is 3.77. The summed E-state index contributed by atoms with van der Waals surface area (Å²) in [6, 6.07) is 6.07. The molecule has 0 radical (unpaired) electrons. The van der Waals surface area contributed by atoms with E-state index in [9.17, 15) is 8.42 Å². The molecule has 0 aliphatic carbocycles.